The number of nitrogens with zero attached hydrogens (tertiary/aromatic N) is 2. The Morgan fingerprint density at radius 1 is 1.42 bits per heavy atom. The lowest BCUT2D eigenvalue weighted by Crippen LogP contribution is -2.50. The van der Waals surface area contributed by atoms with Crippen LogP contribution in [0.4, 0.5) is 10.5 Å². The fourth-order valence-corrected chi connectivity index (χ4v) is 3.21. The van der Waals surface area contributed by atoms with Crippen molar-refractivity contribution in [1.29, 1.82) is 0 Å². The van der Waals surface area contributed by atoms with Crippen molar-refractivity contribution >= 4 is 17.6 Å². The maximum absolute atomic E-state index is 12.9. The molecule has 1 unspecified atom stereocenters. The largest absolute Gasteiger partial charge is 0.382 e. The van der Waals surface area contributed by atoms with Crippen LogP contribution in [-0.4, -0.2) is 69.4 Å². The van der Waals surface area contributed by atoms with Gasteiger partial charge in [-0.2, -0.15) is 0 Å². The van der Waals surface area contributed by atoms with E-state index in [0.717, 1.165) is 11.3 Å². The van der Waals surface area contributed by atoms with Crippen LogP contribution >= 0.6 is 0 Å². The zero-order chi connectivity index (χ0) is 17.1. The number of anilines is 1. The molecular weight excluding hydrogens is 310 g/mol. The minimum atomic E-state index is -0.0921. The van der Waals surface area contributed by atoms with E-state index >= 15 is 0 Å². The first-order chi connectivity index (χ1) is 11.6. The lowest BCUT2D eigenvalue weighted by Gasteiger charge is -2.35. The van der Waals surface area contributed by atoms with Crippen LogP contribution in [-0.2, 0) is 9.47 Å². The number of methoxy groups -OCH3 is 1. The third-order valence-corrected chi connectivity index (χ3v) is 4.44. The Hall–Kier alpha value is -2.12. The lowest BCUT2D eigenvalue weighted by atomic mass is 10.1. The van der Waals surface area contributed by atoms with E-state index < -0.39 is 0 Å². The van der Waals surface area contributed by atoms with Gasteiger partial charge in [0, 0.05) is 38.0 Å². The summed E-state index contributed by atoms with van der Waals surface area (Å²) in [5.41, 5.74) is 2.38. The maximum atomic E-state index is 12.9. The first-order valence-corrected chi connectivity index (χ1v) is 8.15. The zero-order valence-corrected chi connectivity index (χ0v) is 14.1. The summed E-state index contributed by atoms with van der Waals surface area (Å²) >= 11 is 0. The smallest absolute Gasteiger partial charge is 0.322 e. The van der Waals surface area contributed by atoms with E-state index in [4.69, 9.17) is 9.47 Å². The Kier molecular flexibility index (Phi) is 5.01. The molecule has 2 aliphatic rings. The molecule has 3 rings (SSSR count). The molecule has 2 aliphatic heterocycles. The molecule has 3 amide bonds. The van der Waals surface area contributed by atoms with Gasteiger partial charge in [-0.05, 0) is 30.7 Å². The third-order valence-electron chi connectivity index (χ3n) is 4.44. The number of hydrogen-bond donors (Lipinski definition) is 1. The van der Waals surface area contributed by atoms with Gasteiger partial charge in [0.2, 0.25) is 0 Å². The van der Waals surface area contributed by atoms with E-state index in [2.05, 4.69) is 5.32 Å². The van der Waals surface area contributed by atoms with Crippen molar-refractivity contribution in [2.45, 2.75) is 13.0 Å². The highest BCUT2D eigenvalue weighted by atomic mass is 16.5. The Labute approximate surface area is 141 Å². The summed E-state index contributed by atoms with van der Waals surface area (Å²) in [6.45, 7) is 5.25. The van der Waals surface area contributed by atoms with Crippen LogP contribution in [0.5, 0.6) is 0 Å². The van der Waals surface area contributed by atoms with Crippen LogP contribution in [0.25, 0.3) is 0 Å². The Bertz CT molecular complexity index is 632. The number of urea groups is 1. The van der Waals surface area contributed by atoms with Gasteiger partial charge in [0.25, 0.3) is 5.91 Å². The van der Waals surface area contributed by atoms with Crippen LogP contribution in [0, 0.1) is 6.92 Å². The summed E-state index contributed by atoms with van der Waals surface area (Å²) < 4.78 is 10.6. The summed E-state index contributed by atoms with van der Waals surface area (Å²) in [6, 6.07) is 5.32. The number of morpholine rings is 1. The number of benzene rings is 1. The predicted octanol–water partition coefficient (Wildman–Crippen LogP) is 1.01. The average Bonchev–Trinajstić information content (AvgIpc) is 3.01. The number of ether oxygens (including phenoxy) is 2. The van der Waals surface area contributed by atoms with E-state index in [-0.39, 0.29) is 18.0 Å². The molecule has 2 saturated heterocycles. The number of nitrogens with one attached hydrogen (secondary N) is 1. The van der Waals surface area contributed by atoms with E-state index in [1.807, 2.05) is 24.0 Å². The van der Waals surface area contributed by atoms with Crippen molar-refractivity contribution < 1.29 is 19.1 Å². The monoisotopic (exact) mass is 333 g/mol. The van der Waals surface area contributed by atoms with Gasteiger partial charge in [0.05, 0.1) is 25.9 Å². The SMILES string of the molecule is COCC1COCCN1C(=O)c1ccc(N2CCNC2=O)c(C)c1. The van der Waals surface area contributed by atoms with Gasteiger partial charge >= 0.3 is 6.03 Å². The van der Waals surface area contributed by atoms with Crippen molar-refractivity contribution in [3.63, 3.8) is 0 Å². The van der Waals surface area contributed by atoms with E-state index in [1.54, 1.807) is 18.1 Å². The summed E-state index contributed by atoms with van der Waals surface area (Å²) in [6.07, 6.45) is 0. The normalized spacial score (nSPS) is 21.1. The van der Waals surface area contributed by atoms with Gasteiger partial charge in [-0.1, -0.05) is 0 Å². The van der Waals surface area contributed by atoms with E-state index in [0.29, 0.717) is 45.0 Å². The van der Waals surface area contributed by atoms with Gasteiger partial charge in [0.1, 0.15) is 0 Å². The van der Waals surface area contributed by atoms with E-state index in [9.17, 15) is 9.59 Å². The van der Waals surface area contributed by atoms with Crippen molar-refractivity contribution in [3.8, 4) is 0 Å². The second kappa shape index (κ2) is 7.19. The second-order valence-corrected chi connectivity index (χ2v) is 6.07. The maximum Gasteiger partial charge on any atom is 0.322 e. The molecule has 2 fully saturated rings. The molecular formula is C17H23N3O4. The molecule has 0 aliphatic carbocycles. The average molecular weight is 333 g/mol. The fourth-order valence-electron chi connectivity index (χ4n) is 3.21. The van der Waals surface area contributed by atoms with Crippen molar-refractivity contribution in [3.05, 3.63) is 29.3 Å². The van der Waals surface area contributed by atoms with Crippen molar-refractivity contribution in [2.24, 2.45) is 0 Å². The predicted molar refractivity (Wildman–Crippen MR) is 89.4 cm³/mol. The molecule has 0 saturated carbocycles. The lowest BCUT2D eigenvalue weighted by molar-refractivity contribution is -0.0251. The summed E-state index contributed by atoms with van der Waals surface area (Å²) in [7, 11) is 1.62. The van der Waals surface area contributed by atoms with E-state index in [1.165, 1.54) is 0 Å². The van der Waals surface area contributed by atoms with Gasteiger partial charge in [-0.15, -0.1) is 0 Å². The zero-order valence-electron chi connectivity index (χ0n) is 14.1. The molecule has 7 nitrogen and oxygen atoms in total. The summed E-state index contributed by atoms with van der Waals surface area (Å²) in [4.78, 5) is 28.2. The Morgan fingerprint density at radius 2 is 2.25 bits per heavy atom. The summed E-state index contributed by atoms with van der Waals surface area (Å²) in [5, 5.41) is 2.79. The highest BCUT2D eigenvalue weighted by Gasteiger charge is 2.29. The van der Waals surface area contributed by atoms with Crippen LogP contribution in [0.15, 0.2) is 18.2 Å². The van der Waals surface area contributed by atoms with Gasteiger partial charge in [-0.25, -0.2) is 4.79 Å². The van der Waals surface area contributed by atoms with Crippen molar-refractivity contribution in [1.82, 2.24) is 10.2 Å². The molecule has 0 spiro atoms. The Balaban J connectivity index is 1.80. The molecule has 0 bridgehead atoms. The molecule has 7 heteroatoms. The number of amides is 3. The first-order valence-electron chi connectivity index (χ1n) is 8.15. The highest BCUT2D eigenvalue weighted by Crippen LogP contribution is 2.24. The quantitative estimate of drug-likeness (QED) is 0.893. The number of rotatable bonds is 4. The number of hydrogen-bond acceptors (Lipinski definition) is 4. The fraction of sp³-hybridized carbons (Fsp3) is 0.529. The molecule has 0 radical (unpaired) electrons. The number of carbonyl (C=O) groups is 2. The second-order valence-electron chi connectivity index (χ2n) is 6.07. The first kappa shape index (κ1) is 16.7. The molecule has 1 atom stereocenters. The molecule has 130 valence electrons. The molecule has 2 heterocycles. The molecule has 1 aromatic rings. The van der Waals surface area contributed by atoms with Crippen LogP contribution in [0.2, 0.25) is 0 Å². The molecule has 1 aromatic carbocycles. The van der Waals surface area contributed by atoms with Gasteiger partial charge in [0.15, 0.2) is 0 Å². The number of aryl methyl sites for hydroxylation is 1. The Morgan fingerprint density at radius 3 is 2.92 bits per heavy atom. The highest BCUT2D eigenvalue weighted by molar-refractivity contribution is 5.98. The molecule has 0 aromatic heterocycles. The van der Waals surface area contributed by atoms with Crippen molar-refractivity contribution in [2.75, 3.05) is 51.5 Å². The van der Waals surface area contributed by atoms with Gasteiger partial charge in [-0.3, -0.25) is 9.69 Å². The van der Waals surface area contributed by atoms with Gasteiger partial charge < -0.3 is 19.7 Å². The number of carbonyl (C=O) groups excluding carboxylic acids is 2. The topological polar surface area (TPSA) is 71.1 Å². The third kappa shape index (κ3) is 3.22. The minimum absolute atomic E-state index is 0.0270. The summed E-state index contributed by atoms with van der Waals surface area (Å²) in [5.74, 6) is -0.0270. The standard InChI is InChI=1S/C17H23N3O4/c1-12-9-13(3-4-15(12)20-6-5-18-17(20)22)16(21)19-7-8-24-11-14(19)10-23-2/h3-4,9,14H,5-8,10-11H2,1-2H3,(H,18,22). The molecule has 24 heavy (non-hydrogen) atoms. The molecule has 1 N–H and O–H groups in total. The minimum Gasteiger partial charge on any atom is -0.382 e. The van der Waals surface area contributed by atoms with Crippen LogP contribution in [0.3, 0.4) is 0 Å². The van der Waals surface area contributed by atoms with Crippen LogP contribution < -0.4 is 10.2 Å². The van der Waals surface area contributed by atoms with Crippen LogP contribution in [0.1, 0.15) is 15.9 Å².